The topological polar surface area (TPSA) is 58.6 Å². The standard InChI is InChI=1S/C21H24F3NO3/c1-20(27,13-16-5-10-18(28-2)11-6-16)14-25-19(26)12-7-15-3-8-17(9-4-15)21(22,23)24/h3-6,8-11,27H,7,12-14H2,1-2H3,(H,25,26)/t20-/m1/s1. The Labute approximate surface area is 162 Å². The molecule has 2 rings (SSSR count). The molecule has 2 aromatic carbocycles. The van der Waals surface area contributed by atoms with Crippen molar-refractivity contribution in [2.45, 2.75) is 38.0 Å². The number of hydrogen-bond donors (Lipinski definition) is 2. The summed E-state index contributed by atoms with van der Waals surface area (Å²) in [5, 5.41) is 13.2. The summed E-state index contributed by atoms with van der Waals surface area (Å²) in [5.74, 6) is 0.454. The molecule has 0 aromatic heterocycles. The van der Waals surface area contributed by atoms with Crippen LogP contribution in [0.1, 0.15) is 30.0 Å². The van der Waals surface area contributed by atoms with Gasteiger partial charge in [0.05, 0.1) is 18.3 Å². The maximum absolute atomic E-state index is 12.5. The Morgan fingerprint density at radius 3 is 2.14 bits per heavy atom. The Hall–Kier alpha value is -2.54. The molecule has 0 saturated carbocycles. The first-order valence-electron chi connectivity index (χ1n) is 8.87. The van der Waals surface area contributed by atoms with Crippen LogP contribution in [0.15, 0.2) is 48.5 Å². The van der Waals surface area contributed by atoms with Crippen molar-refractivity contribution in [1.82, 2.24) is 5.32 Å². The van der Waals surface area contributed by atoms with E-state index in [0.29, 0.717) is 18.4 Å². The number of alkyl halides is 3. The van der Waals surface area contributed by atoms with Gasteiger partial charge in [-0.15, -0.1) is 0 Å². The molecule has 4 nitrogen and oxygen atoms in total. The monoisotopic (exact) mass is 395 g/mol. The van der Waals surface area contributed by atoms with Crippen molar-refractivity contribution in [2.24, 2.45) is 0 Å². The normalized spacial score (nSPS) is 13.6. The van der Waals surface area contributed by atoms with Crippen LogP contribution in [-0.4, -0.2) is 30.3 Å². The fourth-order valence-corrected chi connectivity index (χ4v) is 2.74. The van der Waals surface area contributed by atoms with E-state index in [4.69, 9.17) is 4.74 Å². The van der Waals surface area contributed by atoms with Crippen LogP contribution in [-0.2, 0) is 23.8 Å². The number of methoxy groups -OCH3 is 1. The highest BCUT2D eigenvalue weighted by atomic mass is 19.4. The first-order valence-corrected chi connectivity index (χ1v) is 8.87. The molecule has 0 saturated heterocycles. The number of carbonyl (C=O) groups is 1. The number of aryl methyl sites for hydroxylation is 1. The summed E-state index contributed by atoms with van der Waals surface area (Å²) in [5.41, 5.74) is -0.285. The average Bonchev–Trinajstić information content (AvgIpc) is 2.65. The summed E-state index contributed by atoms with van der Waals surface area (Å²) in [4.78, 5) is 12.0. The second-order valence-electron chi connectivity index (χ2n) is 6.99. The molecular weight excluding hydrogens is 371 g/mol. The Bertz CT molecular complexity index is 769. The summed E-state index contributed by atoms with van der Waals surface area (Å²) in [6.07, 6.45) is -3.56. The van der Waals surface area contributed by atoms with E-state index in [0.717, 1.165) is 23.4 Å². The van der Waals surface area contributed by atoms with Gasteiger partial charge in [-0.05, 0) is 48.7 Å². The molecule has 0 heterocycles. The van der Waals surface area contributed by atoms with Crippen LogP contribution in [0, 0.1) is 0 Å². The Morgan fingerprint density at radius 2 is 1.61 bits per heavy atom. The number of benzene rings is 2. The molecule has 2 N–H and O–H groups in total. The summed E-state index contributed by atoms with van der Waals surface area (Å²) >= 11 is 0. The Kier molecular flexibility index (Phi) is 7.07. The van der Waals surface area contributed by atoms with Crippen LogP contribution < -0.4 is 10.1 Å². The van der Waals surface area contributed by atoms with Gasteiger partial charge in [0, 0.05) is 19.4 Å². The van der Waals surface area contributed by atoms with E-state index in [-0.39, 0.29) is 18.9 Å². The average molecular weight is 395 g/mol. The molecule has 2 aromatic rings. The summed E-state index contributed by atoms with van der Waals surface area (Å²) < 4.78 is 42.7. The zero-order valence-corrected chi connectivity index (χ0v) is 15.8. The lowest BCUT2D eigenvalue weighted by Crippen LogP contribution is -2.42. The second-order valence-corrected chi connectivity index (χ2v) is 6.99. The highest BCUT2D eigenvalue weighted by Gasteiger charge is 2.29. The largest absolute Gasteiger partial charge is 0.497 e. The molecule has 1 amide bonds. The molecule has 0 unspecified atom stereocenters. The number of aliphatic hydroxyl groups is 1. The minimum Gasteiger partial charge on any atom is -0.497 e. The van der Waals surface area contributed by atoms with Crippen molar-refractivity contribution in [1.29, 1.82) is 0 Å². The summed E-state index contributed by atoms with van der Waals surface area (Å²) in [6.45, 7) is 1.71. The molecular formula is C21H24F3NO3. The zero-order valence-electron chi connectivity index (χ0n) is 15.8. The number of halogens is 3. The van der Waals surface area contributed by atoms with E-state index in [9.17, 15) is 23.1 Å². The van der Waals surface area contributed by atoms with Gasteiger partial charge in [-0.2, -0.15) is 13.2 Å². The van der Waals surface area contributed by atoms with Crippen molar-refractivity contribution >= 4 is 5.91 Å². The van der Waals surface area contributed by atoms with Crippen LogP contribution in [0.2, 0.25) is 0 Å². The van der Waals surface area contributed by atoms with Gasteiger partial charge in [-0.25, -0.2) is 0 Å². The van der Waals surface area contributed by atoms with E-state index >= 15 is 0 Å². The highest BCUT2D eigenvalue weighted by molar-refractivity contribution is 5.76. The van der Waals surface area contributed by atoms with Crippen molar-refractivity contribution in [2.75, 3.05) is 13.7 Å². The van der Waals surface area contributed by atoms with E-state index in [1.165, 1.54) is 12.1 Å². The van der Waals surface area contributed by atoms with Gasteiger partial charge in [-0.3, -0.25) is 4.79 Å². The molecule has 0 aliphatic rings. The molecule has 7 heteroatoms. The van der Waals surface area contributed by atoms with E-state index in [1.54, 1.807) is 26.2 Å². The fraction of sp³-hybridized carbons (Fsp3) is 0.381. The molecule has 152 valence electrons. The fourth-order valence-electron chi connectivity index (χ4n) is 2.74. The quantitative estimate of drug-likeness (QED) is 0.716. The predicted molar refractivity (Wildman–Crippen MR) is 100 cm³/mol. The molecule has 0 aliphatic carbocycles. The third kappa shape index (κ3) is 6.88. The smallest absolute Gasteiger partial charge is 0.416 e. The maximum Gasteiger partial charge on any atom is 0.416 e. The van der Waals surface area contributed by atoms with Gasteiger partial charge in [-0.1, -0.05) is 24.3 Å². The lowest BCUT2D eigenvalue weighted by atomic mass is 9.96. The van der Waals surface area contributed by atoms with Crippen molar-refractivity contribution in [3.8, 4) is 5.75 Å². The van der Waals surface area contributed by atoms with Crippen molar-refractivity contribution in [3.05, 3.63) is 65.2 Å². The lowest BCUT2D eigenvalue weighted by Gasteiger charge is -2.24. The van der Waals surface area contributed by atoms with Crippen LogP contribution in [0.3, 0.4) is 0 Å². The van der Waals surface area contributed by atoms with Crippen LogP contribution in [0.4, 0.5) is 13.2 Å². The van der Waals surface area contributed by atoms with Crippen molar-refractivity contribution < 1.29 is 27.8 Å². The second kappa shape index (κ2) is 9.10. The Balaban J connectivity index is 1.79. The number of amides is 1. The van der Waals surface area contributed by atoms with Gasteiger partial charge >= 0.3 is 6.18 Å². The van der Waals surface area contributed by atoms with Gasteiger partial charge in [0.25, 0.3) is 0 Å². The third-order valence-corrected chi connectivity index (χ3v) is 4.33. The number of hydrogen-bond acceptors (Lipinski definition) is 3. The minimum absolute atomic E-state index is 0.0743. The van der Waals surface area contributed by atoms with Gasteiger partial charge < -0.3 is 15.2 Å². The van der Waals surface area contributed by atoms with Crippen LogP contribution >= 0.6 is 0 Å². The predicted octanol–water partition coefficient (Wildman–Crippen LogP) is 3.76. The number of ether oxygens (including phenoxy) is 1. The van der Waals surface area contributed by atoms with Gasteiger partial charge in [0.1, 0.15) is 5.75 Å². The zero-order chi connectivity index (χ0) is 20.8. The van der Waals surface area contributed by atoms with Gasteiger partial charge in [0.15, 0.2) is 0 Å². The van der Waals surface area contributed by atoms with Gasteiger partial charge in [0.2, 0.25) is 5.91 Å². The molecule has 0 bridgehead atoms. The Morgan fingerprint density at radius 1 is 1.04 bits per heavy atom. The maximum atomic E-state index is 12.5. The molecule has 0 aliphatic heterocycles. The number of carbonyl (C=O) groups excluding carboxylic acids is 1. The number of rotatable bonds is 8. The lowest BCUT2D eigenvalue weighted by molar-refractivity contribution is -0.137. The van der Waals surface area contributed by atoms with Crippen LogP contribution in [0.5, 0.6) is 5.75 Å². The third-order valence-electron chi connectivity index (χ3n) is 4.33. The molecule has 0 spiro atoms. The van der Waals surface area contributed by atoms with Crippen molar-refractivity contribution in [3.63, 3.8) is 0 Å². The molecule has 0 radical (unpaired) electrons. The summed E-state index contributed by atoms with van der Waals surface area (Å²) in [6, 6.07) is 12.0. The minimum atomic E-state index is -4.37. The summed E-state index contributed by atoms with van der Waals surface area (Å²) in [7, 11) is 1.57. The highest BCUT2D eigenvalue weighted by Crippen LogP contribution is 2.29. The van der Waals surface area contributed by atoms with E-state index in [1.807, 2.05) is 12.1 Å². The molecule has 1 atom stereocenters. The SMILES string of the molecule is COc1ccc(C[C@@](C)(O)CNC(=O)CCc2ccc(C(F)(F)F)cc2)cc1. The molecule has 28 heavy (non-hydrogen) atoms. The molecule has 0 fully saturated rings. The number of nitrogens with one attached hydrogen (secondary N) is 1. The van der Waals surface area contributed by atoms with Crippen LogP contribution in [0.25, 0.3) is 0 Å². The first kappa shape index (κ1) is 21.8. The van der Waals surface area contributed by atoms with E-state index in [2.05, 4.69) is 5.32 Å². The van der Waals surface area contributed by atoms with E-state index < -0.39 is 17.3 Å². The first-order chi connectivity index (χ1) is 13.1.